The van der Waals surface area contributed by atoms with Crippen LogP contribution in [0.25, 0.3) is 0 Å². The Kier molecular flexibility index (Phi) is 4.47. The van der Waals surface area contributed by atoms with Crippen LogP contribution in [-0.4, -0.2) is 24.5 Å². The van der Waals surface area contributed by atoms with Crippen LogP contribution in [0, 0.1) is 0 Å². The van der Waals surface area contributed by atoms with E-state index in [-0.39, 0.29) is 11.4 Å². The minimum atomic E-state index is -0.0720. The Hall–Kier alpha value is -2.49. The SMILES string of the molecule is CCc1ccc(NC(=O)CN2CC(C)(C)Nc3ccccc32)cc1. The lowest BCUT2D eigenvalue weighted by molar-refractivity contribution is -0.115. The molecule has 0 saturated heterocycles. The van der Waals surface area contributed by atoms with Gasteiger partial charge < -0.3 is 15.5 Å². The number of hydrogen-bond acceptors (Lipinski definition) is 3. The third-order valence-corrected chi connectivity index (χ3v) is 4.28. The number of carbonyl (C=O) groups excluding carboxylic acids is 1. The van der Waals surface area contributed by atoms with E-state index >= 15 is 0 Å². The van der Waals surface area contributed by atoms with Crippen molar-refractivity contribution in [1.29, 1.82) is 0 Å². The zero-order chi connectivity index (χ0) is 17.2. The van der Waals surface area contributed by atoms with E-state index in [0.717, 1.165) is 30.0 Å². The first-order valence-corrected chi connectivity index (χ1v) is 8.48. The highest BCUT2D eigenvalue weighted by atomic mass is 16.2. The van der Waals surface area contributed by atoms with Crippen molar-refractivity contribution in [3.63, 3.8) is 0 Å². The summed E-state index contributed by atoms with van der Waals surface area (Å²) in [4.78, 5) is 14.6. The van der Waals surface area contributed by atoms with Gasteiger partial charge in [0.25, 0.3) is 0 Å². The van der Waals surface area contributed by atoms with Gasteiger partial charge in [-0.1, -0.05) is 31.2 Å². The minimum Gasteiger partial charge on any atom is -0.377 e. The summed E-state index contributed by atoms with van der Waals surface area (Å²) >= 11 is 0. The fourth-order valence-electron chi connectivity index (χ4n) is 3.16. The smallest absolute Gasteiger partial charge is 0.243 e. The highest BCUT2D eigenvalue weighted by Crippen LogP contribution is 2.33. The molecule has 4 heteroatoms. The molecule has 3 rings (SSSR count). The number of carbonyl (C=O) groups is 1. The molecule has 0 aliphatic carbocycles. The van der Waals surface area contributed by atoms with E-state index in [2.05, 4.69) is 60.6 Å². The van der Waals surface area contributed by atoms with E-state index in [1.165, 1.54) is 5.56 Å². The summed E-state index contributed by atoms with van der Waals surface area (Å²) in [6.45, 7) is 7.55. The van der Waals surface area contributed by atoms with Crippen LogP contribution < -0.4 is 15.5 Å². The number of nitrogens with one attached hydrogen (secondary N) is 2. The predicted octanol–water partition coefficient (Wildman–Crippen LogP) is 3.90. The van der Waals surface area contributed by atoms with E-state index in [1.54, 1.807) is 0 Å². The van der Waals surface area contributed by atoms with Crippen LogP contribution in [-0.2, 0) is 11.2 Å². The Balaban J connectivity index is 1.71. The third-order valence-electron chi connectivity index (χ3n) is 4.28. The number of anilines is 3. The van der Waals surface area contributed by atoms with Crippen molar-refractivity contribution < 1.29 is 4.79 Å². The van der Waals surface area contributed by atoms with E-state index in [4.69, 9.17) is 0 Å². The molecule has 0 radical (unpaired) electrons. The Bertz CT molecular complexity index is 722. The van der Waals surface area contributed by atoms with E-state index in [1.807, 2.05) is 24.3 Å². The molecule has 0 aromatic heterocycles. The Morgan fingerprint density at radius 2 is 1.88 bits per heavy atom. The fourth-order valence-corrected chi connectivity index (χ4v) is 3.16. The second-order valence-corrected chi connectivity index (χ2v) is 6.98. The van der Waals surface area contributed by atoms with Gasteiger partial charge in [0.05, 0.1) is 17.9 Å². The molecule has 0 unspecified atom stereocenters. The topological polar surface area (TPSA) is 44.4 Å². The molecular weight excluding hydrogens is 298 g/mol. The quantitative estimate of drug-likeness (QED) is 0.897. The number of rotatable bonds is 4. The lowest BCUT2D eigenvalue weighted by Gasteiger charge is -2.41. The normalized spacial score (nSPS) is 15.4. The number of nitrogens with zero attached hydrogens (tertiary/aromatic N) is 1. The summed E-state index contributed by atoms with van der Waals surface area (Å²) in [5.74, 6) is 0.00625. The molecule has 24 heavy (non-hydrogen) atoms. The Morgan fingerprint density at radius 3 is 2.58 bits per heavy atom. The number of hydrogen-bond donors (Lipinski definition) is 2. The van der Waals surface area contributed by atoms with Gasteiger partial charge in [-0.2, -0.15) is 0 Å². The molecule has 2 aromatic carbocycles. The maximum absolute atomic E-state index is 12.5. The lowest BCUT2D eigenvalue weighted by atomic mass is 9.99. The summed E-state index contributed by atoms with van der Waals surface area (Å²) in [6, 6.07) is 16.2. The van der Waals surface area contributed by atoms with Crippen LogP contribution in [0.2, 0.25) is 0 Å². The van der Waals surface area contributed by atoms with Crippen molar-refractivity contribution in [3.8, 4) is 0 Å². The lowest BCUT2D eigenvalue weighted by Crippen LogP contribution is -2.50. The van der Waals surface area contributed by atoms with Gasteiger partial charge in [0, 0.05) is 17.8 Å². The average Bonchev–Trinajstić information content (AvgIpc) is 2.54. The molecule has 0 saturated carbocycles. The number of benzene rings is 2. The molecule has 1 aliphatic rings. The summed E-state index contributed by atoms with van der Waals surface area (Å²) in [7, 11) is 0. The number of aryl methyl sites for hydroxylation is 1. The first-order valence-electron chi connectivity index (χ1n) is 8.48. The van der Waals surface area contributed by atoms with Crippen molar-refractivity contribution >= 4 is 23.0 Å². The van der Waals surface area contributed by atoms with E-state index in [9.17, 15) is 4.79 Å². The zero-order valence-electron chi connectivity index (χ0n) is 14.6. The molecule has 0 fully saturated rings. The van der Waals surface area contributed by atoms with Crippen molar-refractivity contribution in [1.82, 2.24) is 0 Å². The molecule has 2 N–H and O–H groups in total. The Labute approximate surface area is 143 Å². The molecule has 4 nitrogen and oxygen atoms in total. The van der Waals surface area contributed by atoms with Crippen molar-refractivity contribution in [2.45, 2.75) is 32.7 Å². The number of para-hydroxylation sites is 2. The summed E-state index contributed by atoms with van der Waals surface area (Å²) in [5, 5.41) is 6.53. The van der Waals surface area contributed by atoms with Crippen LogP contribution >= 0.6 is 0 Å². The van der Waals surface area contributed by atoms with Gasteiger partial charge in [0.1, 0.15) is 0 Å². The Morgan fingerprint density at radius 1 is 1.17 bits per heavy atom. The van der Waals surface area contributed by atoms with Crippen LogP contribution in [0.1, 0.15) is 26.3 Å². The monoisotopic (exact) mass is 323 g/mol. The molecule has 126 valence electrons. The minimum absolute atomic E-state index is 0.00625. The van der Waals surface area contributed by atoms with Crippen molar-refractivity contribution in [2.75, 3.05) is 28.6 Å². The maximum atomic E-state index is 12.5. The van der Waals surface area contributed by atoms with Crippen LogP contribution in [0.15, 0.2) is 48.5 Å². The number of amides is 1. The van der Waals surface area contributed by atoms with Crippen molar-refractivity contribution in [2.24, 2.45) is 0 Å². The fraction of sp³-hybridized carbons (Fsp3) is 0.350. The predicted molar refractivity (Wildman–Crippen MR) is 101 cm³/mol. The van der Waals surface area contributed by atoms with Gasteiger partial charge in [0.2, 0.25) is 5.91 Å². The standard InChI is InChI=1S/C20H25N3O/c1-4-15-9-11-16(12-10-15)21-19(24)13-23-14-20(2,3)22-17-7-5-6-8-18(17)23/h5-12,22H,4,13-14H2,1-3H3,(H,21,24). The van der Waals surface area contributed by atoms with Gasteiger partial charge in [-0.3, -0.25) is 4.79 Å². The third kappa shape index (κ3) is 3.70. The van der Waals surface area contributed by atoms with E-state index in [0.29, 0.717) is 6.54 Å². The molecule has 0 atom stereocenters. The molecule has 2 aromatic rings. The first kappa shape index (κ1) is 16.4. The second kappa shape index (κ2) is 6.56. The molecule has 1 amide bonds. The molecule has 1 heterocycles. The first-order chi connectivity index (χ1) is 11.5. The van der Waals surface area contributed by atoms with Gasteiger partial charge in [-0.15, -0.1) is 0 Å². The summed E-state index contributed by atoms with van der Waals surface area (Å²) in [5.41, 5.74) is 4.20. The largest absolute Gasteiger partial charge is 0.377 e. The highest BCUT2D eigenvalue weighted by molar-refractivity contribution is 5.95. The number of fused-ring (bicyclic) bond motifs is 1. The van der Waals surface area contributed by atoms with E-state index < -0.39 is 0 Å². The van der Waals surface area contributed by atoms with Gasteiger partial charge in [-0.25, -0.2) is 0 Å². The summed E-state index contributed by atoms with van der Waals surface area (Å²) < 4.78 is 0. The van der Waals surface area contributed by atoms with Gasteiger partial charge >= 0.3 is 0 Å². The molecular formula is C20H25N3O. The van der Waals surface area contributed by atoms with Crippen LogP contribution in [0.5, 0.6) is 0 Å². The molecule has 0 spiro atoms. The molecule has 0 bridgehead atoms. The second-order valence-electron chi connectivity index (χ2n) is 6.98. The highest BCUT2D eigenvalue weighted by Gasteiger charge is 2.30. The summed E-state index contributed by atoms with van der Waals surface area (Å²) in [6.07, 6.45) is 1.00. The van der Waals surface area contributed by atoms with Crippen molar-refractivity contribution in [3.05, 3.63) is 54.1 Å². The zero-order valence-corrected chi connectivity index (χ0v) is 14.6. The average molecular weight is 323 g/mol. The van der Waals surface area contributed by atoms with Crippen LogP contribution in [0.4, 0.5) is 17.1 Å². The van der Waals surface area contributed by atoms with Gasteiger partial charge in [0.15, 0.2) is 0 Å². The van der Waals surface area contributed by atoms with Crippen LogP contribution in [0.3, 0.4) is 0 Å². The maximum Gasteiger partial charge on any atom is 0.243 e. The van der Waals surface area contributed by atoms with Gasteiger partial charge in [-0.05, 0) is 50.1 Å². The molecule has 1 aliphatic heterocycles.